The molecule has 7 heteroatoms. The van der Waals surface area contributed by atoms with Gasteiger partial charge >= 0.3 is 0 Å². The molecule has 0 aromatic heterocycles. The molecular formula is C10H10ClN3O2S. The van der Waals surface area contributed by atoms with E-state index >= 15 is 0 Å². The topological polar surface area (TPSA) is 70.6 Å². The average molecular weight is 272 g/mol. The van der Waals surface area contributed by atoms with Crippen molar-refractivity contribution in [1.82, 2.24) is 5.32 Å². The number of nitrogens with zero attached hydrogens (tertiary/aromatic N) is 1. The van der Waals surface area contributed by atoms with Crippen LogP contribution in [0.15, 0.2) is 27.5 Å². The summed E-state index contributed by atoms with van der Waals surface area (Å²) in [5.74, 6) is 0.280. The summed E-state index contributed by atoms with van der Waals surface area (Å²) in [6, 6.07) is 4.90. The fourth-order valence-corrected chi connectivity index (χ4v) is 2.87. The molecule has 1 heterocycles. The number of nitrogens with one attached hydrogen (secondary N) is 2. The summed E-state index contributed by atoms with van der Waals surface area (Å²) in [4.78, 5) is 0.156. The molecule has 5 nitrogen and oxygen atoms in total. The third-order valence-electron chi connectivity index (χ3n) is 2.60. The largest absolute Gasteiger partial charge is 0.352 e. The Labute approximate surface area is 104 Å². The molecule has 1 aromatic rings. The fraction of sp³-hybridized carbons (Fsp3) is 0.300. The van der Waals surface area contributed by atoms with Gasteiger partial charge in [0.15, 0.2) is 0 Å². The predicted molar refractivity (Wildman–Crippen MR) is 65.9 cm³/mol. The zero-order valence-corrected chi connectivity index (χ0v) is 10.3. The van der Waals surface area contributed by atoms with Gasteiger partial charge in [0.25, 0.3) is 10.0 Å². The number of fused-ring (bicyclic) bond motifs is 1. The van der Waals surface area contributed by atoms with Crippen LogP contribution in [0.3, 0.4) is 0 Å². The molecule has 0 radical (unpaired) electrons. The third-order valence-corrected chi connectivity index (χ3v) is 4.17. The zero-order chi connectivity index (χ0) is 12.0. The van der Waals surface area contributed by atoms with Crippen LogP contribution in [0.4, 0.5) is 5.69 Å². The number of halogens is 1. The lowest BCUT2D eigenvalue weighted by Crippen LogP contribution is -2.35. The summed E-state index contributed by atoms with van der Waals surface area (Å²) < 4.78 is 27.5. The van der Waals surface area contributed by atoms with Crippen LogP contribution in [-0.2, 0) is 10.0 Å². The number of rotatable bonds is 1. The molecule has 0 saturated heterocycles. The molecule has 1 saturated carbocycles. The molecule has 3 rings (SSSR count). The van der Waals surface area contributed by atoms with Gasteiger partial charge in [-0.05, 0) is 31.0 Å². The summed E-state index contributed by atoms with van der Waals surface area (Å²) in [7, 11) is -3.62. The summed E-state index contributed by atoms with van der Waals surface area (Å²) in [6.45, 7) is 0. The summed E-state index contributed by atoms with van der Waals surface area (Å²) in [5, 5.41) is 6.45. The zero-order valence-electron chi connectivity index (χ0n) is 8.77. The quantitative estimate of drug-likeness (QED) is 0.813. The smallest absolute Gasteiger partial charge is 0.287 e. The van der Waals surface area contributed by atoms with Gasteiger partial charge in [0.1, 0.15) is 4.90 Å². The first-order valence-corrected chi connectivity index (χ1v) is 7.04. The number of hydrogen-bond acceptors (Lipinski definition) is 4. The summed E-state index contributed by atoms with van der Waals surface area (Å²) in [5.41, 5.74) is 0.468. The molecule has 17 heavy (non-hydrogen) atoms. The van der Waals surface area contributed by atoms with Crippen molar-refractivity contribution in [3.8, 4) is 0 Å². The second-order valence-corrected chi connectivity index (χ2v) is 6.11. The van der Waals surface area contributed by atoms with Crippen molar-refractivity contribution in [3.63, 3.8) is 0 Å². The molecule has 2 N–H and O–H groups in total. The van der Waals surface area contributed by atoms with Gasteiger partial charge in [0.05, 0.1) is 5.69 Å². The Kier molecular flexibility index (Phi) is 2.31. The lowest BCUT2D eigenvalue weighted by molar-refractivity contribution is 0.597. The standard InChI is InChI=1S/C10H10ClN3O2S/c11-6-1-4-9-8(5-6)13-10(12-7-2-3-7)14-17(9,15)16/h1,4-5,7H,2-3H2,(H2,12,13,14). The van der Waals surface area contributed by atoms with Crippen molar-refractivity contribution in [3.05, 3.63) is 23.2 Å². The number of benzene rings is 1. The van der Waals surface area contributed by atoms with E-state index in [0.29, 0.717) is 16.8 Å². The first-order valence-electron chi connectivity index (χ1n) is 5.23. The molecular weight excluding hydrogens is 262 g/mol. The maximum absolute atomic E-state index is 11.9. The third kappa shape index (κ3) is 2.10. The molecule has 0 unspecified atom stereocenters. The van der Waals surface area contributed by atoms with Gasteiger partial charge in [-0.2, -0.15) is 8.42 Å². The molecule has 1 fully saturated rings. The van der Waals surface area contributed by atoms with Crippen molar-refractivity contribution in [1.29, 1.82) is 0 Å². The monoisotopic (exact) mass is 271 g/mol. The van der Waals surface area contributed by atoms with Gasteiger partial charge < -0.3 is 10.6 Å². The molecule has 1 aromatic carbocycles. The van der Waals surface area contributed by atoms with E-state index in [2.05, 4.69) is 15.0 Å². The highest BCUT2D eigenvalue weighted by molar-refractivity contribution is 7.90. The second kappa shape index (κ2) is 3.61. The normalized spacial score (nSPS) is 21.1. The van der Waals surface area contributed by atoms with E-state index in [-0.39, 0.29) is 10.9 Å². The Morgan fingerprint density at radius 3 is 2.88 bits per heavy atom. The lowest BCUT2D eigenvalue weighted by Gasteiger charge is -2.18. The van der Waals surface area contributed by atoms with Crippen LogP contribution >= 0.6 is 11.6 Å². The van der Waals surface area contributed by atoms with Crippen LogP contribution in [0.5, 0.6) is 0 Å². The predicted octanol–water partition coefficient (Wildman–Crippen LogP) is 1.56. The SMILES string of the molecule is O=S1(=O)N=C(NC2CC2)Nc2cc(Cl)ccc21. The van der Waals surface area contributed by atoms with E-state index in [9.17, 15) is 8.42 Å². The Balaban J connectivity index is 2.02. The van der Waals surface area contributed by atoms with Crippen LogP contribution in [0.25, 0.3) is 0 Å². The Hall–Kier alpha value is -1.27. The van der Waals surface area contributed by atoms with Crippen molar-refractivity contribution >= 4 is 33.3 Å². The fourth-order valence-electron chi connectivity index (χ4n) is 1.63. The van der Waals surface area contributed by atoms with E-state index in [0.717, 1.165) is 12.8 Å². The van der Waals surface area contributed by atoms with Gasteiger partial charge in [0, 0.05) is 11.1 Å². The minimum absolute atomic E-state index is 0.156. The first kappa shape index (κ1) is 10.9. The van der Waals surface area contributed by atoms with Crippen molar-refractivity contribution < 1.29 is 8.42 Å². The molecule has 0 spiro atoms. The molecule has 2 aliphatic rings. The maximum Gasteiger partial charge on any atom is 0.287 e. The molecule has 90 valence electrons. The minimum atomic E-state index is -3.62. The van der Waals surface area contributed by atoms with Crippen LogP contribution < -0.4 is 10.6 Å². The Bertz CT molecular complexity index is 608. The second-order valence-electron chi connectivity index (χ2n) is 4.10. The molecule has 1 aliphatic carbocycles. The van der Waals surface area contributed by atoms with Gasteiger partial charge in [-0.25, -0.2) is 0 Å². The van der Waals surface area contributed by atoms with E-state index in [1.165, 1.54) is 12.1 Å². The number of guanidine groups is 1. The van der Waals surface area contributed by atoms with Crippen molar-refractivity contribution in [2.75, 3.05) is 5.32 Å². The highest BCUT2D eigenvalue weighted by Gasteiger charge is 2.28. The van der Waals surface area contributed by atoms with Gasteiger partial charge in [-0.15, -0.1) is 4.40 Å². The van der Waals surface area contributed by atoms with Crippen LogP contribution in [-0.4, -0.2) is 20.4 Å². The average Bonchev–Trinajstić information content (AvgIpc) is 2.99. The summed E-state index contributed by atoms with van der Waals surface area (Å²) >= 11 is 5.84. The maximum atomic E-state index is 11.9. The molecule has 0 atom stereocenters. The first-order chi connectivity index (χ1) is 8.04. The van der Waals surface area contributed by atoms with E-state index in [1.54, 1.807) is 6.07 Å². The minimum Gasteiger partial charge on any atom is -0.352 e. The number of sulfonamides is 1. The lowest BCUT2D eigenvalue weighted by atomic mass is 10.3. The molecule has 0 bridgehead atoms. The van der Waals surface area contributed by atoms with Gasteiger partial charge in [0.2, 0.25) is 5.96 Å². The van der Waals surface area contributed by atoms with Crippen LogP contribution in [0.2, 0.25) is 5.02 Å². The highest BCUT2D eigenvalue weighted by atomic mass is 35.5. The van der Waals surface area contributed by atoms with Crippen LogP contribution in [0.1, 0.15) is 12.8 Å². The van der Waals surface area contributed by atoms with E-state index in [1.807, 2.05) is 0 Å². The van der Waals surface area contributed by atoms with Crippen molar-refractivity contribution in [2.45, 2.75) is 23.8 Å². The Morgan fingerprint density at radius 1 is 1.41 bits per heavy atom. The highest BCUT2D eigenvalue weighted by Crippen LogP contribution is 2.30. The summed E-state index contributed by atoms with van der Waals surface area (Å²) in [6.07, 6.45) is 2.09. The van der Waals surface area contributed by atoms with Crippen LogP contribution in [0, 0.1) is 0 Å². The van der Waals surface area contributed by atoms with Gasteiger partial charge in [-0.3, -0.25) is 0 Å². The van der Waals surface area contributed by atoms with Gasteiger partial charge in [-0.1, -0.05) is 11.6 Å². The van der Waals surface area contributed by atoms with Crippen molar-refractivity contribution in [2.24, 2.45) is 4.40 Å². The van der Waals surface area contributed by atoms with E-state index in [4.69, 9.17) is 11.6 Å². The Morgan fingerprint density at radius 2 is 2.18 bits per heavy atom. The number of hydrogen-bond donors (Lipinski definition) is 2. The molecule has 1 aliphatic heterocycles. The molecule has 0 amide bonds. The van der Waals surface area contributed by atoms with E-state index < -0.39 is 10.0 Å². The number of anilines is 1.